The van der Waals surface area contributed by atoms with Gasteiger partial charge in [0.15, 0.2) is 0 Å². The number of para-hydroxylation sites is 2. The Hall–Kier alpha value is -1.88. The molecule has 1 unspecified atom stereocenters. The molecule has 0 saturated heterocycles. The number of benzene rings is 2. The maximum Gasteiger partial charge on any atom is 0.418 e. The second kappa shape index (κ2) is 9.29. The summed E-state index contributed by atoms with van der Waals surface area (Å²) in [5.41, 5.74) is 2.12. The van der Waals surface area contributed by atoms with Gasteiger partial charge in [-0.15, -0.1) is 0 Å². The van der Waals surface area contributed by atoms with Crippen molar-refractivity contribution in [1.29, 1.82) is 0 Å². The molecule has 0 aliphatic heterocycles. The number of anilines is 2. The van der Waals surface area contributed by atoms with Crippen LogP contribution in [0.1, 0.15) is 22.3 Å². The quantitative estimate of drug-likeness (QED) is 0.402. The van der Waals surface area contributed by atoms with Crippen molar-refractivity contribution >= 4 is 33.9 Å². The van der Waals surface area contributed by atoms with Gasteiger partial charge in [0, 0.05) is 22.8 Å². The van der Waals surface area contributed by atoms with Crippen LogP contribution in [-0.4, -0.2) is 16.7 Å². The van der Waals surface area contributed by atoms with E-state index >= 15 is 0 Å². The summed E-state index contributed by atoms with van der Waals surface area (Å²) in [6.45, 7) is 0. The van der Waals surface area contributed by atoms with Crippen LogP contribution in [0.25, 0.3) is 0 Å². The van der Waals surface area contributed by atoms with E-state index < -0.39 is 40.0 Å². The Kier molecular flexibility index (Phi) is 7.50. The molecular weight excluding hydrogens is 438 g/mol. The van der Waals surface area contributed by atoms with Crippen molar-refractivity contribution in [2.75, 3.05) is 23.4 Å². The van der Waals surface area contributed by atoms with E-state index in [1.807, 2.05) is 0 Å². The average Bonchev–Trinajstić information content (AvgIpc) is 2.59. The van der Waals surface area contributed by atoms with E-state index in [1.165, 1.54) is 42.3 Å². The second-order valence-electron chi connectivity index (χ2n) is 6.08. The Morgan fingerprint density at radius 2 is 1.31 bits per heavy atom. The number of thioether (sulfide) groups is 1. The Labute approximate surface area is 170 Å². The lowest BCUT2D eigenvalue weighted by Gasteiger charge is -2.22. The summed E-state index contributed by atoms with van der Waals surface area (Å²) < 4.78 is 92.1. The monoisotopic (exact) mass is 456 g/mol. The maximum absolute atomic E-state index is 13.4. The van der Waals surface area contributed by atoms with Crippen LogP contribution in [0.15, 0.2) is 36.4 Å². The van der Waals surface area contributed by atoms with Gasteiger partial charge in [0.05, 0.1) is 28.3 Å². The first-order chi connectivity index (χ1) is 13.4. The van der Waals surface area contributed by atoms with Crippen LogP contribution in [0, 0.1) is 0 Å². The molecule has 3 nitrogen and oxygen atoms in total. The molecule has 1 atom stereocenters. The van der Waals surface area contributed by atoms with Crippen LogP contribution in [0.5, 0.6) is 0 Å². The van der Waals surface area contributed by atoms with E-state index in [2.05, 4.69) is 10.9 Å². The smallest absolute Gasteiger partial charge is 0.300 e. The Morgan fingerprint density at radius 1 is 0.862 bits per heavy atom. The number of alkyl halides is 6. The molecule has 0 saturated carbocycles. The summed E-state index contributed by atoms with van der Waals surface area (Å²) in [5, 5.41) is 0. The van der Waals surface area contributed by atoms with Crippen molar-refractivity contribution < 1.29 is 30.6 Å². The minimum absolute atomic E-state index is 0.0732. The molecule has 2 rings (SSSR count). The predicted molar refractivity (Wildman–Crippen MR) is 105 cm³/mol. The summed E-state index contributed by atoms with van der Waals surface area (Å²) in [6, 6.07) is 6.89. The van der Waals surface area contributed by atoms with Gasteiger partial charge in [0.25, 0.3) is 0 Å². The minimum atomic E-state index is -4.75. The lowest BCUT2D eigenvalue weighted by Crippen LogP contribution is -2.20. The van der Waals surface area contributed by atoms with Crippen LogP contribution < -0.4 is 10.9 Å². The molecule has 0 radical (unpaired) electrons. The lowest BCUT2D eigenvalue weighted by molar-refractivity contribution is -0.138. The summed E-state index contributed by atoms with van der Waals surface area (Å²) >= 11 is 1.27. The average molecular weight is 456 g/mol. The van der Waals surface area contributed by atoms with E-state index in [1.54, 1.807) is 6.26 Å². The molecule has 0 spiro atoms. The highest BCUT2D eigenvalue weighted by Crippen LogP contribution is 2.40. The number of nitrogens with one attached hydrogen (secondary N) is 2. The fraction of sp³-hybridized carbons (Fsp3) is 0.333. The molecule has 0 aliphatic carbocycles. The zero-order chi connectivity index (χ0) is 21.8. The molecule has 29 heavy (non-hydrogen) atoms. The van der Waals surface area contributed by atoms with Gasteiger partial charge in [0.1, 0.15) is 0 Å². The number of rotatable bonds is 7. The predicted octanol–water partition coefficient (Wildman–Crippen LogP) is 5.90. The first kappa shape index (κ1) is 23.4. The molecule has 0 amide bonds. The lowest BCUT2D eigenvalue weighted by atomic mass is 10.1. The number of halogens is 6. The van der Waals surface area contributed by atoms with Gasteiger partial charge in [-0.25, -0.2) is 0 Å². The molecule has 0 aliphatic rings. The highest BCUT2D eigenvalue weighted by atomic mass is 32.2. The van der Waals surface area contributed by atoms with Gasteiger partial charge in [-0.3, -0.25) is 15.1 Å². The molecule has 0 aromatic heterocycles. The van der Waals surface area contributed by atoms with Gasteiger partial charge in [0.2, 0.25) is 0 Å². The molecule has 0 fully saturated rings. The Balaban J connectivity index is 2.52. The van der Waals surface area contributed by atoms with Gasteiger partial charge in [-0.1, -0.05) is 24.3 Å². The van der Waals surface area contributed by atoms with Crippen molar-refractivity contribution in [2.24, 2.45) is 0 Å². The molecule has 0 heterocycles. The summed E-state index contributed by atoms with van der Waals surface area (Å²) in [7, 11) is -1.45. The van der Waals surface area contributed by atoms with Gasteiger partial charge >= 0.3 is 12.4 Å². The van der Waals surface area contributed by atoms with E-state index in [0.717, 1.165) is 12.1 Å². The highest BCUT2D eigenvalue weighted by molar-refractivity contribution is 7.97. The fourth-order valence-electron chi connectivity index (χ4n) is 2.71. The Morgan fingerprint density at radius 3 is 1.72 bits per heavy atom. The minimum Gasteiger partial charge on any atom is -0.300 e. The second-order valence-corrected chi connectivity index (χ2v) is 8.38. The normalized spacial score (nSPS) is 13.2. The molecule has 11 heteroatoms. The zero-order valence-corrected chi connectivity index (χ0v) is 17.0. The molecule has 160 valence electrons. The van der Waals surface area contributed by atoms with Gasteiger partial charge in [-0.2, -0.15) is 38.1 Å². The third kappa shape index (κ3) is 6.05. The topological polar surface area (TPSA) is 41.1 Å². The van der Waals surface area contributed by atoms with E-state index in [9.17, 15) is 30.6 Å². The Bertz CT molecular complexity index is 884. The molecule has 2 aromatic rings. The fourth-order valence-corrected chi connectivity index (χ4v) is 3.94. The van der Waals surface area contributed by atoms with Crippen LogP contribution in [0.3, 0.4) is 0 Å². The van der Waals surface area contributed by atoms with Crippen molar-refractivity contribution in [2.45, 2.75) is 23.9 Å². The SMILES string of the molecule is CSCc1cccc(C(F)(F)F)c1NNc1c(CS(C)=O)cccc1C(F)(F)F. The summed E-state index contributed by atoms with van der Waals surface area (Å²) in [6.07, 6.45) is -6.42. The molecular formula is C18H18F6N2OS2. The van der Waals surface area contributed by atoms with Crippen LogP contribution >= 0.6 is 11.8 Å². The third-order valence-electron chi connectivity index (χ3n) is 3.88. The molecule has 2 aromatic carbocycles. The maximum atomic E-state index is 13.4. The number of hydrazine groups is 1. The van der Waals surface area contributed by atoms with Crippen molar-refractivity contribution in [3.63, 3.8) is 0 Å². The number of hydrogen-bond donors (Lipinski definition) is 2. The van der Waals surface area contributed by atoms with Crippen molar-refractivity contribution in [3.8, 4) is 0 Å². The van der Waals surface area contributed by atoms with E-state index in [0.29, 0.717) is 0 Å². The standard InChI is InChI=1S/C18H18F6N2OS2/c1-28-9-11-5-3-7-13(17(19,20)21)15(11)25-26-16-12(10-29(2)27)6-4-8-14(16)18(22,23)24/h3-8,25-26H,9-10H2,1-2H3. The van der Waals surface area contributed by atoms with Gasteiger partial charge in [-0.05, 0) is 29.5 Å². The van der Waals surface area contributed by atoms with E-state index in [4.69, 9.17) is 0 Å². The largest absolute Gasteiger partial charge is 0.418 e. The first-order valence-electron chi connectivity index (χ1n) is 8.14. The zero-order valence-electron chi connectivity index (χ0n) is 15.4. The van der Waals surface area contributed by atoms with E-state index in [-0.39, 0.29) is 28.3 Å². The van der Waals surface area contributed by atoms with Crippen molar-refractivity contribution in [1.82, 2.24) is 0 Å². The van der Waals surface area contributed by atoms with Gasteiger partial charge < -0.3 is 0 Å². The van der Waals surface area contributed by atoms with Crippen LogP contribution in [0.2, 0.25) is 0 Å². The molecule has 2 N–H and O–H groups in total. The molecule has 0 bridgehead atoms. The summed E-state index contributed by atoms with van der Waals surface area (Å²) in [4.78, 5) is 0. The van der Waals surface area contributed by atoms with Crippen LogP contribution in [-0.2, 0) is 34.7 Å². The highest BCUT2D eigenvalue weighted by Gasteiger charge is 2.36. The summed E-state index contributed by atoms with van der Waals surface area (Å²) in [5.74, 6) is 0.0349. The first-order valence-corrected chi connectivity index (χ1v) is 11.3. The third-order valence-corrected chi connectivity index (χ3v) is 5.20. The number of hydrogen-bond acceptors (Lipinski definition) is 4. The van der Waals surface area contributed by atoms with Crippen LogP contribution in [0.4, 0.5) is 37.7 Å². The van der Waals surface area contributed by atoms with Crippen molar-refractivity contribution in [3.05, 3.63) is 58.7 Å².